The van der Waals surface area contributed by atoms with Crippen molar-refractivity contribution in [3.63, 3.8) is 0 Å². The van der Waals surface area contributed by atoms with Gasteiger partial charge in [-0.25, -0.2) is 18.0 Å². The summed E-state index contributed by atoms with van der Waals surface area (Å²) in [5, 5.41) is 12.6. The number of pyridine rings is 1. The number of carboxylic acid groups (broad SMARTS) is 1. The Morgan fingerprint density at radius 2 is 1.76 bits per heavy atom. The van der Waals surface area contributed by atoms with Gasteiger partial charge in [0.25, 0.3) is 17.4 Å². The number of alkyl halides is 2. The van der Waals surface area contributed by atoms with Crippen LogP contribution in [-0.4, -0.2) is 72.4 Å². The molecule has 0 unspecified atom stereocenters. The van der Waals surface area contributed by atoms with Gasteiger partial charge in [0.1, 0.15) is 11.9 Å². The van der Waals surface area contributed by atoms with E-state index in [0.29, 0.717) is 79.4 Å². The number of nitrogens with zero attached hydrogens (tertiary/aromatic N) is 3. The van der Waals surface area contributed by atoms with E-state index in [1.165, 1.54) is 23.7 Å². The number of carbonyl (C=O) groups is 2. The molecule has 3 aromatic rings. The summed E-state index contributed by atoms with van der Waals surface area (Å²) >= 11 is 0. The fraction of sp³-hybridized carbons (Fsp3) is 0.441. The summed E-state index contributed by atoms with van der Waals surface area (Å²) in [5.74, 6) is -6.19. The summed E-state index contributed by atoms with van der Waals surface area (Å²) < 4.78 is 51.7. The molecule has 5 rings (SSSR count). The molecule has 0 spiro atoms. The summed E-state index contributed by atoms with van der Waals surface area (Å²) in [5.41, 5.74) is 2.55. The topological polar surface area (TPSA) is 104 Å². The molecule has 0 radical (unpaired) electrons. The van der Waals surface area contributed by atoms with E-state index in [2.05, 4.69) is 5.32 Å². The molecule has 46 heavy (non-hydrogen) atoms. The first-order valence-corrected chi connectivity index (χ1v) is 15.2. The van der Waals surface area contributed by atoms with Crippen LogP contribution >= 0.6 is 0 Å². The molecule has 0 saturated carbocycles. The highest BCUT2D eigenvalue weighted by molar-refractivity contribution is 5.98. The number of morpholine rings is 1. The molecule has 1 amide bonds. The first kappa shape index (κ1) is 33.2. The average molecular weight is 641 g/mol. The molecule has 1 atom stereocenters. The fourth-order valence-corrected chi connectivity index (χ4v) is 6.40. The van der Waals surface area contributed by atoms with Crippen LogP contribution in [-0.2, 0) is 41.9 Å². The van der Waals surface area contributed by atoms with Gasteiger partial charge in [0.15, 0.2) is 0 Å². The molecule has 12 heteroatoms. The van der Waals surface area contributed by atoms with Crippen molar-refractivity contribution in [1.29, 1.82) is 0 Å². The molecule has 0 aliphatic carbocycles. The summed E-state index contributed by atoms with van der Waals surface area (Å²) in [6.07, 6.45) is 0.317. The van der Waals surface area contributed by atoms with E-state index in [4.69, 9.17) is 4.74 Å². The Hall–Kier alpha value is -4.16. The Balaban J connectivity index is 1.50. The lowest BCUT2D eigenvalue weighted by molar-refractivity contribution is -0.139. The van der Waals surface area contributed by atoms with Gasteiger partial charge in [-0.3, -0.25) is 9.59 Å². The second-order valence-corrected chi connectivity index (χ2v) is 12.3. The normalized spacial score (nSPS) is 16.2. The van der Waals surface area contributed by atoms with Gasteiger partial charge in [0, 0.05) is 63.5 Å². The number of hydrogen-bond donors (Lipinski definition) is 2. The third-order valence-electron chi connectivity index (χ3n) is 9.02. The minimum absolute atomic E-state index is 0.0810. The SMILES string of the molecule is Cc1cc(N2CCOCC2)cc(F)c1C(=O)N[C@@H](Cc1ccc(-c2c(C(C)(F)F)cc(C)n(C)c2=O)c2c1CN(C)CC2)C(=O)O. The summed E-state index contributed by atoms with van der Waals surface area (Å²) in [4.78, 5) is 43.2. The smallest absolute Gasteiger partial charge is 0.326 e. The van der Waals surface area contributed by atoms with Crippen LogP contribution in [0.15, 0.2) is 35.1 Å². The standard InChI is InChI=1S/C34H39F3N4O5/c1-19-14-22(41-10-12-46-13-11-41)17-27(35)29(19)31(42)38-28(33(44)45)16-21-6-7-24(23-8-9-39(4)18-25(21)23)30-26(34(3,36)37)15-20(2)40(5)32(30)43/h6-7,14-15,17,28H,8-13,16,18H2,1-5H3,(H,38,42)(H,44,45)/t28-/m0/s1. The number of nitrogens with one attached hydrogen (secondary N) is 1. The van der Waals surface area contributed by atoms with Crippen molar-refractivity contribution in [2.24, 2.45) is 7.05 Å². The van der Waals surface area contributed by atoms with Crippen LogP contribution in [0.4, 0.5) is 18.9 Å². The quantitative estimate of drug-likeness (QED) is 0.381. The van der Waals surface area contributed by atoms with Gasteiger partial charge >= 0.3 is 5.97 Å². The van der Waals surface area contributed by atoms with Crippen LogP contribution in [0.25, 0.3) is 11.1 Å². The molecular weight excluding hydrogens is 601 g/mol. The Morgan fingerprint density at radius 3 is 2.39 bits per heavy atom. The third kappa shape index (κ3) is 6.54. The highest BCUT2D eigenvalue weighted by Crippen LogP contribution is 2.38. The number of benzene rings is 2. The summed E-state index contributed by atoms with van der Waals surface area (Å²) in [7, 11) is 3.42. The molecule has 2 aromatic carbocycles. The molecule has 2 N–H and O–H groups in total. The van der Waals surface area contributed by atoms with E-state index in [-0.39, 0.29) is 23.1 Å². The molecule has 1 fully saturated rings. The van der Waals surface area contributed by atoms with Crippen LogP contribution in [0.1, 0.15) is 50.8 Å². The number of carbonyl (C=O) groups excluding carboxylic acids is 1. The Morgan fingerprint density at radius 1 is 1.07 bits per heavy atom. The van der Waals surface area contributed by atoms with E-state index >= 15 is 4.39 Å². The molecule has 246 valence electrons. The van der Waals surface area contributed by atoms with Gasteiger partial charge in [-0.05, 0) is 73.3 Å². The van der Waals surface area contributed by atoms with Crippen molar-refractivity contribution in [1.82, 2.24) is 14.8 Å². The third-order valence-corrected chi connectivity index (χ3v) is 9.02. The van der Waals surface area contributed by atoms with E-state index in [9.17, 15) is 28.3 Å². The van der Waals surface area contributed by atoms with E-state index in [0.717, 1.165) is 12.5 Å². The average Bonchev–Trinajstić information content (AvgIpc) is 2.99. The molecule has 2 aliphatic rings. The highest BCUT2D eigenvalue weighted by Gasteiger charge is 2.34. The van der Waals surface area contributed by atoms with Crippen molar-refractivity contribution in [2.45, 2.75) is 52.1 Å². The highest BCUT2D eigenvalue weighted by atomic mass is 19.3. The number of ether oxygens (including phenoxy) is 1. The van der Waals surface area contributed by atoms with Crippen LogP contribution in [0.5, 0.6) is 0 Å². The number of halogens is 3. The molecule has 0 bridgehead atoms. The summed E-state index contributed by atoms with van der Waals surface area (Å²) in [6, 6.07) is 6.13. The maximum Gasteiger partial charge on any atom is 0.326 e. The first-order chi connectivity index (χ1) is 21.7. The largest absolute Gasteiger partial charge is 0.480 e. The van der Waals surface area contributed by atoms with Crippen molar-refractivity contribution in [3.8, 4) is 11.1 Å². The zero-order valence-electron chi connectivity index (χ0n) is 26.7. The minimum atomic E-state index is -3.28. The molecule has 9 nitrogen and oxygen atoms in total. The molecular formula is C34H39F3N4O5. The molecule has 2 aliphatic heterocycles. The Labute approximate surface area is 265 Å². The van der Waals surface area contributed by atoms with Gasteiger partial charge in [-0.1, -0.05) is 12.1 Å². The number of amides is 1. The minimum Gasteiger partial charge on any atom is -0.480 e. The number of fused-ring (bicyclic) bond motifs is 1. The van der Waals surface area contributed by atoms with Gasteiger partial charge in [-0.2, -0.15) is 0 Å². The lowest BCUT2D eigenvalue weighted by Crippen LogP contribution is -2.43. The zero-order chi connectivity index (χ0) is 33.5. The Kier molecular flexibility index (Phi) is 9.33. The first-order valence-electron chi connectivity index (χ1n) is 15.2. The van der Waals surface area contributed by atoms with Crippen molar-refractivity contribution in [3.05, 3.63) is 85.6 Å². The van der Waals surface area contributed by atoms with Crippen LogP contribution < -0.4 is 15.8 Å². The number of carboxylic acids is 1. The van der Waals surface area contributed by atoms with Gasteiger partial charge < -0.3 is 29.5 Å². The fourth-order valence-electron chi connectivity index (χ4n) is 6.40. The Bertz CT molecular complexity index is 1720. The number of rotatable bonds is 8. The van der Waals surface area contributed by atoms with Crippen LogP contribution in [0.3, 0.4) is 0 Å². The van der Waals surface area contributed by atoms with Crippen LogP contribution in [0.2, 0.25) is 0 Å². The summed E-state index contributed by atoms with van der Waals surface area (Å²) in [6.45, 7) is 7.15. The number of anilines is 1. The van der Waals surface area contributed by atoms with Crippen LogP contribution in [0, 0.1) is 19.7 Å². The van der Waals surface area contributed by atoms with Crippen molar-refractivity contribution < 1.29 is 32.6 Å². The number of aromatic nitrogens is 1. The monoisotopic (exact) mass is 640 g/mol. The number of likely N-dealkylation sites (N-methyl/N-ethyl adjacent to an activating group) is 1. The lowest BCUT2D eigenvalue weighted by atomic mass is 9.84. The maximum atomic E-state index is 15.3. The zero-order valence-corrected chi connectivity index (χ0v) is 26.7. The van der Waals surface area contributed by atoms with Gasteiger partial charge in [-0.15, -0.1) is 0 Å². The van der Waals surface area contributed by atoms with Gasteiger partial charge in [0.2, 0.25) is 0 Å². The second-order valence-electron chi connectivity index (χ2n) is 12.3. The van der Waals surface area contributed by atoms with E-state index in [1.807, 2.05) is 16.8 Å². The predicted molar refractivity (Wildman–Crippen MR) is 168 cm³/mol. The maximum absolute atomic E-state index is 15.3. The lowest BCUT2D eigenvalue weighted by Gasteiger charge is -2.31. The second kappa shape index (κ2) is 12.9. The number of hydrogen-bond acceptors (Lipinski definition) is 6. The molecule has 1 aromatic heterocycles. The van der Waals surface area contributed by atoms with Crippen molar-refractivity contribution >= 4 is 17.6 Å². The number of aliphatic carboxylic acids is 1. The van der Waals surface area contributed by atoms with E-state index < -0.39 is 35.2 Å². The number of aryl methyl sites for hydroxylation is 2. The molecule has 3 heterocycles. The van der Waals surface area contributed by atoms with Crippen molar-refractivity contribution in [2.75, 3.05) is 44.8 Å². The van der Waals surface area contributed by atoms with Gasteiger partial charge in [0.05, 0.1) is 24.3 Å². The molecule has 1 saturated heterocycles. The van der Waals surface area contributed by atoms with E-state index in [1.54, 1.807) is 32.0 Å². The predicted octanol–water partition coefficient (Wildman–Crippen LogP) is 4.17.